The van der Waals surface area contributed by atoms with Gasteiger partial charge < -0.3 is 9.84 Å². The number of aliphatic carboxylic acids is 1. The van der Waals surface area contributed by atoms with Crippen molar-refractivity contribution in [2.45, 2.75) is 44.0 Å². The Morgan fingerprint density at radius 1 is 1.60 bits per heavy atom. The first-order chi connectivity index (χ1) is 7.09. The van der Waals surface area contributed by atoms with Gasteiger partial charge in [0.25, 0.3) is 0 Å². The van der Waals surface area contributed by atoms with E-state index >= 15 is 0 Å². The maximum absolute atomic E-state index is 11.7. The number of carboxylic acid groups (broad SMARTS) is 1. The van der Waals surface area contributed by atoms with Crippen LogP contribution in [0, 0.1) is 0 Å². The van der Waals surface area contributed by atoms with Crippen LogP contribution in [0.4, 0.5) is 0 Å². The first-order valence-electron chi connectivity index (χ1n) is 5.30. The summed E-state index contributed by atoms with van der Waals surface area (Å²) in [6.45, 7) is 2.46. The van der Waals surface area contributed by atoms with Crippen LogP contribution in [0.1, 0.15) is 32.6 Å². The quantitative estimate of drug-likeness (QED) is 0.775. The Kier molecular flexibility index (Phi) is 5.25. The molecule has 0 aliphatic carbocycles. The number of carboxylic acids is 1. The Morgan fingerprint density at radius 3 is 2.87 bits per heavy atom. The van der Waals surface area contributed by atoms with E-state index in [0.29, 0.717) is 5.75 Å². The number of hydrogen-bond donors (Lipinski definition) is 1. The highest BCUT2D eigenvalue weighted by atomic mass is 32.2. The maximum Gasteiger partial charge on any atom is 0.304 e. The average molecular weight is 234 g/mol. The molecule has 0 aromatic carbocycles. The zero-order valence-corrected chi connectivity index (χ0v) is 9.79. The Labute approximate surface area is 92.5 Å². The highest BCUT2D eigenvalue weighted by Crippen LogP contribution is 2.15. The fourth-order valence-corrected chi connectivity index (χ4v) is 2.91. The molecule has 5 heteroatoms. The zero-order chi connectivity index (χ0) is 11.3. The van der Waals surface area contributed by atoms with Crippen molar-refractivity contribution in [3.63, 3.8) is 0 Å². The van der Waals surface area contributed by atoms with Crippen molar-refractivity contribution < 1.29 is 18.8 Å². The van der Waals surface area contributed by atoms with Gasteiger partial charge in [0.05, 0.1) is 18.3 Å². The third-order valence-electron chi connectivity index (χ3n) is 2.54. The molecule has 88 valence electrons. The third kappa shape index (κ3) is 4.75. The van der Waals surface area contributed by atoms with E-state index in [2.05, 4.69) is 0 Å². The second kappa shape index (κ2) is 6.23. The van der Waals surface area contributed by atoms with E-state index in [1.807, 2.05) is 0 Å². The fraction of sp³-hybridized carbons (Fsp3) is 0.900. The van der Waals surface area contributed by atoms with E-state index < -0.39 is 16.8 Å². The molecule has 1 fully saturated rings. The highest BCUT2D eigenvalue weighted by molar-refractivity contribution is 7.85. The van der Waals surface area contributed by atoms with Gasteiger partial charge in [0.15, 0.2) is 0 Å². The van der Waals surface area contributed by atoms with E-state index in [1.54, 1.807) is 6.92 Å². The molecular formula is C10H18O4S. The summed E-state index contributed by atoms with van der Waals surface area (Å²) in [5.41, 5.74) is 0. The highest BCUT2D eigenvalue weighted by Gasteiger charge is 2.21. The van der Waals surface area contributed by atoms with Gasteiger partial charge in [-0.05, 0) is 19.3 Å². The molecule has 1 saturated heterocycles. The van der Waals surface area contributed by atoms with Crippen molar-refractivity contribution in [3.05, 3.63) is 0 Å². The molecule has 15 heavy (non-hydrogen) atoms. The predicted octanol–water partition coefficient (Wildman–Crippen LogP) is 1.17. The van der Waals surface area contributed by atoms with Gasteiger partial charge in [0, 0.05) is 22.7 Å². The van der Waals surface area contributed by atoms with E-state index in [1.165, 1.54) is 0 Å². The van der Waals surface area contributed by atoms with Gasteiger partial charge in [0.1, 0.15) is 0 Å². The van der Waals surface area contributed by atoms with Crippen LogP contribution < -0.4 is 0 Å². The lowest BCUT2D eigenvalue weighted by molar-refractivity contribution is -0.136. The molecule has 0 bridgehead atoms. The minimum atomic E-state index is -1.09. The Balaban J connectivity index is 2.30. The molecule has 3 unspecified atom stereocenters. The molecule has 0 aromatic heterocycles. The third-order valence-corrected chi connectivity index (χ3v) is 4.30. The van der Waals surface area contributed by atoms with Crippen LogP contribution in [0.5, 0.6) is 0 Å². The Bertz CT molecular complexity index is 236. The van der Waals surface area contributed by atoms with Gasteiger partial charge in [-0.15, -0.1) is 0 Å². The van der Waals surface area contributed by atoms with Crippen LogP contribution in [-0.4, -0.2) is 39.0 Å². The summed E-state index contributed by atoms with van der Waals surface area (Å²) in [5.74, 6) is -0.408. The predicted molar refractivity (Wildman–Crippen MR) is 58.3 cm³/mol. The number of hydrogen-bond acceptors (Lipinski definition) is 3. The second-order valence-corrected chi connectivity index (χ2v) is 5.84. The molecular weight excluding hydrogens is 216 g/mol. The number of ether oxygens (including phenoxy) is 1. The topological polar surface area (TPSA) is 63.6 Å². The van der Waals surface area contributed by atoms with Gasteiger partial charge in [0.2, 0.25) is 0 Å². The van der Waals surface area contributed by atoms with Gasteiger partial charge in [-0.3, -0.25) is 9.00 Å². The zero-order valence-electron chi connectivity index (χ0n) is 8.98. The van der Waals surface area contributed by atoms with Gasteiger partial charge in [-0.1, -0.05) is 6.92 Å². The van der Waals surface area contributed by atoms with Crippen LogP contribution in [-0.2, 0) is 20.3 Å². The van der Waals surface area contributed by atoms with Gasteiger partial charge in [-0.2, -0.15) is 0 Å². The monoisotopic (exact) mass is 234 g/mol. The van der Waals surface area contributed by atoms with Crippen LogP contribution >= 0.6 is 0 Å². The van der Waals surface area contributed by atoms with Crippen molar-refractivity contribution in [2.75, 3.05) is 12.4 Å². The SMILES string of the molecule is CC(CC(=O)O)S(=O)CC1CCCCO1. The van der Waals surface area contributed by atoms with Crippen molar-refractivity contribution in [1.82, 2.24) is 0 Å². The number of rotatable bonds is 5. The molecule has 0 saturated carbocycles. The molecule has 1 aliphatic heterocycles. The van der Waals surface area contributed by atoms with Crippen LogP contribution in [0.25, 0.3) is 0 Å². The summed E-state index contributed by atoms with van der Waals surface area (Å²) in [6.07, 6.45) is 3.18. The molecule has 0 radical (unpaired) electrons. The lowest BCUT2D eigenvalue weighted by atomic mass is 10.1. The first-order valence-corrected chi connectivity index (χ1v) is 6.68. The molecule has 4 nitrogen and oxygen atoms in total. The molecule has 1 N–H and O–H groups in total. The molecule has 1 rings (SSSR count). The smallest absolute Gasteiger partial charge is 0.304 e. The van der Waals surface area contributed by atoms with E-state index in [9.17, 15) is 9.00 Å². The van der Waals surface area contributed by atoms with Crippen molar-refractivity contribution in [3.8, 4) is 0 Å². The summed E-state index contributed by atoms with van der Waals surface area (Å²) in [4.78, 5) is 10.4. The van der Waals surface area contributed by atoms with Crippen LogP contribution in [0.15, 0.2) is 0 Å². The van der Waals surface area contributed by atoms with E-state index in [4.69, 9.17) is 9.84 Å². The summed E-state index contributed by atoms with van der Waals surface area (Å²) < 4.78 is 17.2. The molecule has 0 spiro atoms. The fourth-order valence-electron chi connectivity index (χ4n) is 1.63. The summed E-state index contributed by atoms with van der Waals surface area (Å²) in [5, 5.41) is 8.29. The molecule has 0 amide bonds. The average Bonchev–Trinajstić information content (AvgIpc) is 2.18. The standard InChI is InChI=1S/C10H18O4S/c1-8(6-10(11)12)15(13)7-9-4-2-3-5-14-9/h8-9H,2-7H2,1H3,(H,11,12). The molecule has 1 aliphatic rings. The Hall–Kier alpha value is -0.420. The van der Waals surface area contributed by atoms with Crippen molar-refractivity contribution in [2.24, 2.45) is 0 Å². The Morgan fingerprint density at radius 2 is 2.33 bits per heavy atom. The minimum Gasteiger partial charge on any atom is -0.481 e. The largest absolute Gasteiger partial charge is 0.481 e. The lowest BCUT2D eigenvalue weighted by Gasteiger charge is -2.23. The normalized spacial score (nSPS) is 25.8. The minimum absolute atomic E-state index is 0.0284. The molecule has 0 aromatic rings. The van der Waals surface area contributed by atoms with Crippen molar-refractivity contribution in [1.29, 1.82) is 0 Å². The van der Waals surface area contributed by atoms with E-state index in [0.717, 1.165) is 25.9 Å². The van der Waals surface area contributed by atoms with Crippen molar-refractivity contribution >= 4 is 16.8 Å². The molecule has 3 atom stereocenters. The maximum atomic E-state index is 11.7. The first kappa shape index (κ1) is 12.6. The van der Waals surface area contributed by atoms with Crippen LogP contribution in [0.3, 0.4) is 0 Å². The summed E-state index contributed by atoms with van der Waals surface area (Å²) in [7, 11) is -1.09. The number of carbonyl (C=O) groups is 1. The summed E-state index contributed by atoms with van der Waals surface area (Å²) in [6, 6.07) is 0. The van der Waals surface area contributed by atoms with Crippen LogP contribution in [0.2, 0.25) is 0 Å². The van der Waals surface area contributed by atoms with Gasteiger partial charge in [-0.25, -0.2) is 0 Å². The van der Waals surface area contributed by atoms with Gasteiger partial charge >= 0.3 is 5.97 Å². The second-order valence-electron chi connectivity index (χ2n) is 3.94. The van der Waals surface area contributed by atoms with E-state index in [-0.39, 0.29) is 17.8 Å². The molecule has 1 heterocycles. The lowest BCUT2D eigenvalue weighted by Crippen LogP contribution is -2.29. The summed E-state index contributed by atoms with van der Waals surface area (Å²) >= 11 is 0.